The molecule has 5 nitrogen and oxygen atoms in total. The normalized spacial score (nSPS) is 11.2. The van der Waals surface area contributed by atoms with Crippen molar-refractivity contribution < 1.29 is 12.8 Å². The second-order valence-corrected chi connectivity index (χ2v) is 5.89. The van der Waals surface area contributed by atoms with Crippen molar-refractivity contribution in [1.82, 2.24) is 0 Å². The second kappa shape index (κ2) is 5.48. The summed E-state index contributed by atoms with van der Waals surface area (Å²) in [4.78, 5) is 0.0270. The largest absolute Gasteiger partial charge is 0.324 e. The van der Waals surface area contributed by atoms with Gasteiger partial charge in [-0.05, 0) is 42.8 Å². The molecule has 0 atom stereocenters. The van der Waals surface area contributed by atoms with Crippen LogP contribution < -0.4 is 16.0 Å². The van der Waals surface area contributed by atoms with Gasteiger partial charge >= 0.3 is 0 Å². The Morgan fingerprint density at radius 1 is 1.10 bits per heavy atom. The lowest BCUT2D eigenvalue weighted by Gasteiger charge is -2.11. The fraction of sp³-hybridized carbons (Fsp3) is 0.0769. The summed E-state index contributed by atoms with van der Waals surface area (Å²) >= 11 is 0. The number of anilines is 2. The molecule has 0 amide bonds. The molecule has 0 saturated carbocycles. The van der Waals surface area contributed by atoms with E-state index in [1.165, 1.54) is 36.4 Å². The lowest BCUT2D eigenvalue weighted by atomic mass is 10.2. The minimum atomic E-state index is -3.84. The SMILES string of the molecule is Cc1cccc(F)c1NS(=O)(=O)c1ccc(NN)cc1. The monoisotopic (exact) mass is 295 g/mol. The highest BCUT2D eigenvalue weighted by Gasteiger charge is 2.17. The lowest BCUT2D eigenvalue weighted by Crippen LogP contribution is -2.15. The van der Waals surface area contributed by atoms with Crippen LogP contribution in [0.25, 0.3) is 0 Å². The molecule has 2 rings (SSSR count). The Kier molecular flexibility index (Phi) is 3.91. The maximum Gasteiger partial charge on any atom is 0.261 e. The number of hydrogen-bond donors (Lipinski definition) is 3. The minimum absolute atomic E-state index is 0.0270. The van der Waals surface area contributed by atoms with Gasteiger partial charge in [0.15, 0.2) is 0 Å². The number of nitrogens with two attached hydrogens (primary N) is 1. The first kappa shape index (κ1) is 14.3. The van der Waals surface area contributed by atoms with Crippen molar-refractivity contribution >= 4 is 21.4 Å². The number of benzene rings is 2. The zero-order chi connectivity index (χ0) is 14.8. The molecule has 0 aliphatic carbocycles. The van der Waals surface area contributed by atoms with Crippen LogP contribution in [-0.4, -0.2) is 8.42 Å². The van der Waals surface area contributed by atoms with Crippen LogP contribution in [-0.2, 0) is 10.0 Å². The van der Waals surface area contributed by atoms with Crippen LogP contribution in [0.3, 0.4) is 0 Å². The van der Waals surface area contributed by atoms with Gasteiger partial charge in [0, 0.05) is 5.69 Å². The van der Waals surface area contributed by atoms with E-state index in [1.54, 1.807) is 13.0 Å². The van der Waals surface area contributed by atoms with Gasteiger partial charge in [0.2, 0.25) is 0 Å². The highest BCUT2D eigenvalue weighted by molar-refractivity contribution is 7.92. The highest BCUT2D eigenvalue weighted by atomic mass is 32.2. The zero-order valence-corrected chi connectivity index (χ0v) is 11.5. The van der Waals surface area contributed by atoms with E-state index in [4.69, 9.17) is 5.84 Å². The minimum Gasteiger partial charge on any atom is -0.324 e. The fourth-order valence-corrected chi connectivity index (χ4v) is 2.82. The fourth-order valence-electron chi connectivity index (χ4n) is 1.68. The summed E-state index contributed by atoms with van der Waals surface area (Å²) in [5.74, 6) is 4.59. The van der Waals surface area contributed by atoms with Crippen molar-refractivity contribution in [2.75, 3.05) is 10.1 Å². The third-order valence-corrected chi connectivity index (χ3v) is 4.16. The standard InChI is InChI=1S/C13H14FN3O2S/c1-9-3-2-4-12(14)13(9)17-20(18,19)11-7-5-10(16-15)6-8-11/h2-8,16-17H,15H2,1H3. The third-order valence-electron chi connectivity index (χ3n) is 2.79. The van der Waals surface area contributed by atoms with E-state index in [2.05, 4.69) is 10.1 Å². The molecule has 0 saturated heterocycles. The van der Waals surface area contributed by atoms with Gasteiger partial charge in [-0.25, -0.2) is 12.8 Å². The number of nitrogen functional groups attached to an aromatic ring is 1. The molecule has 0 radical (unpaired) electrons. The molecule has 2 aromatic rings. The van der Waals surface area contributed by atoms with Crippen molar-refractivity contribution in [3.63, 3.8) is 0 Å². The number of hydrogen-bond acceptors (Lipinski definition) is 4. The van der Waals surface area contributed by atoms with Crippen LogP contribution in [0, 0.1) is 12.7 Å². The number of halogens is 1. The quantitative estimate of drug-likeness (QED) is 0.596. The molecule has 106 valence electrons. The zero-order valence-electron chi connectivity index (χ0n) is 10.7. The van der Waals surface area contributed by atoms with Crippen LogP contribution in [0.4, 0.5) is 15.8 Å². The molecule has 2 aromatic carbocycles. The highest BCUT2D eigenvalue weighted by Crippen LogP contribution is 2.23. The van der Waals surface area contributed by atoms with E-state index < -0.39 is 15.8 Å². The van der Waals surface area contributed by atoms with Gasteiger partial charge in [0.1, 0.15) is 5.82 Å². The molecule has 20 heavy (non-hydrogen) atoms. The molecule has 0 heterocycles. The average molecular weight is 295 g/mol. The Labute approximate surface area is 116 Å². The summed E-state index contributed by atoms with van der Waals surface area (Å²) in [6.07, 6.45) is 0. The van der Waals surface area contributed by atoms with E-state index in [9.17, 15) is 12.8 Å². The van der Waals surface area contributed by atoms with E-state index in [0.29, 0.717) is 11.3 Å². The Hall–Kier alpha value is -2.12. The number of sulfonamides is 1. The molecule has 4 N–H and O–H groups in total. The first-order valence-electron chi connectivity index (χ1n) is 5.78. The van der Waals surface area contributed by atoms with Gasteiger partial charge in [-0.1, -0.05) is 12.1 Å². The summed E-state index contributed by atoms with van der Waals surface area (Å²) in [6.45, 7) is 1.63. The average Bonchev–Trinajstić information content (AvgIpc) is 2.43. The van der Waals surface area contributed by atoms with Crippen molar-refractivity contribution in [3.8, 4) is 0 Å². The summed E-state index contributed by atoms with van der Waals surface area (Å²) in [5.41, 5.74) is 3.43. The van der Waals surface area contributed by atoms with E-state index in [0.717, 1.165) is 0 Å². The van der Waals surface area contributed by atoms with E-state index in [-0.39, 0.29) is 10.6 Å². The maximum absolute atomic E-state index is 13.7. The first-order chi connectivity index (χ1) is 9.44. The maximum atomic E-state index is 13.7. The van der Waals surface area contributed by atoms with Gasteiger partial charge in [0.05, 0.1) is 10.6 Å². The summed E-state index contributed by atoms with van der Waals surface area (Å²) in [5, 5.41) is 0. The topological polar surface area (TPSA) is 84.2 Å². The molecule has 0 unspecified atom stereocenters. The summed E-state index contributed by atoms with van der Waals surface area (Å²) < 4.78 is 40.3. The second-order valence-electron chi connectivity index (χ2n) is 4.21. The molecular weight excluding hydrogens is 281 g/mol. The van der Waals surface area contributed by atoms with Crippen LogP contribution in [0.2, 0.25) is 0 Å². The Morgan fingerprint density at radius 2 is 1.75 bits per heavy atom. The molecule has 7 heteroatoms. The third kappa shape index (κ3) is 2.89. The van der Waals surface area contributed by atoms with E-state index in [1.807, 2.05) is 0 Å². The molecule has 0 fully saturated rings. The number of rotatable bonds is 4. The Bertz CT molecular complexity index is 695. The van der Waals surface area contributed by atoms with Crippen molar-refractivity contribution in [2.24, 2.45) is 5.84 Å². The van der Waals surface area contributed by atoms with Crippen molar-refractivity contribution in [1.29, 1.82) is 0 Å². The smallest absolute Gasteiger partial charge is 0.261 e. The number of aryl methyl sites for hydroxylation is 1. The first-order valence-corrected chi connectivity index (χ1v) is 7.27. The molecule has 0 aliphatic heterocycles. The molecule has 0 aliphatic rings. The van der Waals surface area contributed by atoms with E-state index >= 15 is 0 Å². The molecular formula is C13H14FN3O2S. The predicted molar refractivity (Wildman–Crippen MR) is 76.2 cm³/mol. The Morgan fingerprint density at radius 3 is 2.30 bits per heavy atom. The summed E-state index contributed by atoms with van der Waals surface area (Å²) in [7, 11) is -3.84. The van der Waals surface area contributed by atoms with Crippen LogP contribution in [0.5, 0.6) is 0 Å². The number of para-hydroxylation sites is 1. The molecule has 0 bridgehead atoms. The predicted octanol–water partition coefficient (Wildman–Crippen LogP) is 2.22. The summed E-state index contributed by atoms with van der Waals surface area (Å²) in [6, 6.07) is 10.1. The number of nitrogens with one attached hydrogen (secondary N) is 2. The Balaban J connectivity index is 2.35. The van der Waals surface area contributed by atoms with Gasteiger partial charge < -0.3 is 5.43 Å². The van der Waals surface area contributed by atoms with Crippen molar-refractivity contribution in [2.45, 2.75) is 11.8 Å². The van der Waals surface area contributed by atoms with Crippen LogP contribution in [0.1, 0.15) is 5.56 Å². The van der Waals surface area contributed by atoms with Gasteiger partial charge in [-0.2, -0.15) is 0 Å². The van der Waals surface area contributed by atoms with Gasteiger partial charge in [-0.15, -0.1) is 0 Å². The van der Waals surface area contributed by atoms with Crippen LogP contribution >= 0.6 is 0 Å². The number of hydrazine groups is 1. The van der Waals surface area contributed by atoms with Crippen molar-refractivity contribution in [3.05, 3.63) is 53.8 Å². The van der Waals surface area contributed by atoms with Gasteiger partial charge in [0.25, 0.3) is 10.0 Å². The molecule has 0 aromatic heterocycles. The molecule has 0 spiro atoms. The lowest BCUT2D eigenvalue weighted by molar-refractivity contribution is 0.598. The van der Waals surface area contributed by atoms with Crippen LogP contribution in [0.15, 0.2) is 47.4 Å². The van der Waals surface area contributed by atoms with Gasteiger partial charge in [-0.3, -0.25) is 10.6 Å².